The molecule has 10 aromatic rings. The smallest absolute Gasteiger partial charge is 0.135 e. The Balaban J connectivity index is 0.909. The second-order valence-electron chi connectivity index (χ2n) is 15.4. The second kappa shape index (κ2) is 13.2. The predicted octanol–water partition coefficient (Wildman–Crippen LogP) is 10.7. The largest absolute Gasteiger partial charge is 0.456 e. The normalized spacial score (nSPS) is 19.6. The van der Waals surface area contributed by atoms with Gasteiger partial charge in [0.05, 0.1) is 29.5 Å². The van der Waals surface area contributed by atoms with Gasteiger partial charge < -0.3 is 8.98 Å². The average Bonchev–Trinajstić information content (AvgIpc) is 3.95. The summed E-state index contributed by atoms with van der Waals surface area (Å²) in [5.41, 5.74) is 10.4. The molecule has 0 bridgehead atoms. The lowest BCUT2D eigenvalue weighted by molar-refractivity contribution is 0.176. The average molecular weight is 755 g/mol. The fraction of sp³-hybridized carbons (Fsp3) is 0.0980. The third kappa shape index (κ3) is 5.41. The van der Waals surface area contributed by atoms with E-state index in [0.717, 1.165) is 17.4 Å². The Kier molecular flexibility index (Phi) is 7.60. The Morgan fingerprint density at radius 2 is 1.23 bits per heavy atom. The van der Waals surface area contributed by atoms with Crippen LogP contribution in [0.3, 0.4) is 0 Å². The third-order valence-electron chi connectivity index (χ3n) is 12.1. The first-order valence-corrected chi connectivity index (χ1v) is 20.6. The van der Waals surface area contributed by atoms with Crippen molar-refractivity contribution < 1.29 is 4.42 Å². The lowest BCUT2D eigenvalue weighted by Crippen LogP contribution is -2.61. The van der Waals surface area contributed by atoms with E-state index in [4.69, 9.17) is 4.42 Å². The summed E-state index contributed by atoms with van der Waals surface area (Å²) < 4.78 is 11.6. The summed E-state index contributed by atoms with van der Waals surface area (Å²) in [4.78, 5) is 0. The molecule has 6 heteroatoms. The monoisotopic (exact) mass is 754 g/mol. The van der Waals surface area contributed by atoms with Crippen molar-refractivity contribution in [3.63, 3.8) is 0 Å². The van der Waals surface area contributed by atoms with Crippen LogP contribution < -0.4 is 26.6 Å². The minimum atomic E-state index is 0.00698. The summed E-state index contributed by atoms with van der Waals surface area (Å²) in [5, 5.41) is 19.0. The molecule has 0 spiro atoms. The standard InChI is InChI=1S/C51H38N4OS/c1-3-12-31(13-4-1)49-52-50(32-14-5-2-6-15-32)54-51(53-49)34-22-25-39-42-28-33(23-27-45(42)56-46(39)29-34)36-18-11-19-41-40-26-24-35(30-47(40)57-48(36)41)55-43-20-9-7-16-37(43)38-17-8-10-21-44(38)55/h1-21,23-30,34,49-54H,22H2. The number of nitrogens with zero attached hydrogens (tertiary/aromatic N) is 1. The summed E-state index contributed by atoms with van der Waals surface area (Å²) >= 11 is 1.88. The molecular weight excluding hydrogens is 717 g/mol. The van der Waals surface area contributed by atoms with Crippen molar-refractivity contribution in [2.45, 2.75) is 24.9 Å². The maximum Gasteiger partial charge on any atom is 0.135 e. The Hall–Kier alpha value is -6.28. The molecule has 1 aliphatic heterocycles. The Morgan fingerprint density at radius 1 is 0.561 bits per heavy atom. The molecule has 1 saturated heterocycles. The molecule has 3 aromatic heterocycles. The molecule has 0 amide bonds. The van der Waals surface area contributed by atoms with Crippen molar-refractivity contribution in [3.05, 3.63) is 186 Å². The Labute approximate surface area is 333 Å². The topological polar surface area (TPSA) is 54.2 Å². The molecule has 0 radical (unpaired) electrons. The van der Waals surface area contributed by atoms with Crippen LogP contribution in [0.4, 0.5) is 0 Å². The molecule has 57 heavy (non-hydrogen) atoms. The molecule has 3 unspecified atom stereocenters. The van der Waals surface area contributed by atoms with Crippen molar-refractivity contribution in [2.24, 2.45) is 5.92 Å². The van der Waals surface area contributed by atoms with Gasteiger partial charge in [0.15, 0.2) is 0 Å². The van der Waals surface area contributed by atoms with E-state index in [1.165, 1.54) is 80.5 Å². The minimum Gasteiger partial charge on any atom is -0.456 e. The molecule has 1 aliphatic carbocycles. The van der Waals surface area contributed by atoms with Crippen molar-refractivity contribution in [1.29, 1.82) is 0 Å². The van der Waals surface area contributed by atoms with E-state index in [1.54, 1.807) is 0 Å². The highest BCUT2D eigenvalue weighted by atomic mass is 32.1. The van der Waals surface area contributed by atoms with Crippen LogP contribution in [0.1, 0.15) is 29.9 Å². The molecule has 1 fully saturated rings. The summed E-state index contributed by atoms with van der Waals surface area (Å²) in [7, 11) is 0. The van der Waals surface area contributed by atoms with Gasteiger partial charge in [0, 0.05) is 53.2 Å². The molecule has 0 saturated carbocycles. The molecule has 7 aromatic carbocycles. The first kappa shape index (κ1) is 32.9. The number of nitrogens with one attached hydrogen (secondary N) is 3. The van der Waals surface area contributed by atoms with E-state index in [1.807, 2.05) is 11.3 Å². The maximum absolute atomic E-state index is 6.61. The predicted molar refractivity (Wildman–Crippen MR) is 237 cm³/mol. The lowest BCUT2D eigenvalue weighted by Gasteiger charge is -2.42. The molecule has 274 valence electrons. The highest BCUT2D eigenvalue weighted by molar-refractivity contribution is 7.26. The minimum absolute atomic E-state index is 0.00698. The van der Waals surface area contributed by atoms with Gasteiger partial charge in [-0.1, -0.05) is 133 Å². The highest BCUT2D eigenvalue weighted by Crippen LogP contribution is 2.42. The number of para-hydroxylation sites is 2. The fourth-order valence-corrected chi connectivity index (χ4v) is 10.6. The highest BCUT2D eigenvalue weighted by Gasteiger charge is 2.33. The van der Waals surface area contributed by atoms with Gasteiger partial charge >= 0.3 is 0 Å². The van der Waals surface area contributed by atoms with Crippen LogP contribution >= 0.6 is 11.3 Å². The Morgan fingerprint density at radius 3 is 1.95 bits per heavy atom. The van der Waals surface area contributed by atoms with Gasteiger partial charge in [0.1, 0.15) is 11.0 Å². The van der Waals surface area contributed by atoms with Gasteiger partial charge in [0.25, 0.3) is 0 Å². The zero-order valence-corrected chi connectivity index (χ0v) is 31.8. The van der Waals surface area contributed by atoms with E-state index in [-0.39, 0.29) is 24.4 Å². The molecule has 4 heterocycles. The van der Waals surface area contributed by atoms with Crippen LogP contribution in [0.15, 0.2) is 168 Å². The summed E-state index contributed by atoms with van der Waals surface area (Å²) in [6.07, 6.45) is 5.67. The van der Waals surface area contributed by atoms with Crippen molar-refractivity contribution in [1.82, 2.24) is 20.5 Å². The van der Waals surface area contributed by atoms with Gasteiger partial charge in [-0.2, -0.15) is 0 Å². The number of rotatable bonds is 5. The SMILES string of the molecule is C1=c2oc3ccc(-c4cccc5c4sc4cc(-n6c7ccccc7c7ccccc76)ccc45)cc3c2=CCC1C1NC(c2ccccc2)NC(c2ccccc2)N1. The molecule has 2 aliphatic rings. The number of furan rings is 1. The van der Waals surface area contributed by atoms with E-state index in [0.29, 0.717) is 0 Å². The van der Waals surface area contributed by atoms with Crippen molar-refractivity contribution in [2.75, 3.05) is 0 Å². The van der Waals surface area contributed by atoms with Crippen LogP contribution in [0.5, 0.6) is 0 Å². The van der Waals surface area contributed by atoms with Gasteiger partial charge in [-0.05, 0) is 71.1 Å². The van der Waals surface area contributed by atoms with Gasteiger partial charge in [0.2, 0.25) is 0 Å². The second-order valence-corrected chi connectivity index (χ2v) is 16.4. The van der Waals surface area contributed by atoms with Crippen LogP contribution in [0.25, 0.3) is 81.9 Å². The molecule has 3 atom stereocenters. The number of thiophene rings is 1. The van der Waals surface area contributed by atoms with E-state index < -0.39 is 0 Å². The van der Waals surface area contributed by atoms with E-state index >= 15 is 0 Å². The third-order valence-corrected chi connectivity index (χ3v) is 13.3. The summed E-state index contributed by atoms with van der Waals surface area (Å²) in [6.45, 7) is 0. The summed E-state index contributed by atoms with van der Waals surface area (Å²) in [5.74, 6) is 0.205. The number of hydrogen-bond acceptors (Lipinski definition) is 5. The zero-order chi connectivity index (χ0) is 37.5. The van der Waals surface area contributed by atoms with Crippen LogP contribution in [-0.4, -0.2) is 10.7 Å². The number of hydrogen-bond donors (Lipinski definition) is 3. The van der Waals surface area contributed by atoms with Crippen molar-refractivity contribution in [3.8, 4) is 16.8 Å². The fourth-order valence-electron chi connectivity index (χ4n) is 9.33. The maximum atomic E-state index is 6.61. The number of benzene rings is 7. The zero-order valence-electron chi connectivity index (χ0n) is 31.0. The van der Waals surface area contributed by atoms with Crippen LogP contribution in [0, 0.1) is 5.92 Å². The quantitative estimate of drug-likeness (QED) is 0.164. The van der Waals surface area contributed by atoms with Gasteiger partial charge in [-0.15, -0.1) is 11.3 Å². The summed E-state index contributed by atoms with van der Waals surface area (Å²) in [6, 6.07) is 59.2. The van der Waals surface area contributed by atoms with E-state index in [9.17, 15) is 0 Å². The van der Waals surface area contributed by atoms with Crippen LogP contribution in [0.2, 0.25) is 0 Å². The Bertz CT molecular complexity index is 3190. The van der Waals surface area contributed by atoms with E-state index in [2.05, 4.69) is 196 Å². The first-order chi connectivity index (χ1) is 28.2. The van der Waals surface area contributed by atoms with Crippen molar-refractivity contribution >= 4 is 76.4 Å². The first-order valence-electron chi connectivity index (χ1n) is 19.8. The number of fused-ring (bicyclic) bond motifs is 9. The van der Waals surface area contributed by atoms with Gasteiger partial charge in [-0.3, -0.25) is 16.0 Å². The van der Waals surface area contributed by atoms with Crippen LogP contribution in [-0.2, 0) is 0 Å². The molecule has 5 nitrogen and oxygen atoms in total. The lowest BCUT2D eigenvalue weighted by atomic mass is 9.93. The number of aromatic nitrogens is 1. The van der Waals surface area contributed by atoms with Gasteiger partial charge in [-0.25, -0.2) is 0 Å². The molecule has 12 rings (SSSR count). The molecular formula is C51H38N4OS. The molecule has 3 N–H and O–H groups in total.